The van der Waals surface area contributed by atoms with E-state index in [0.29, 0.717) is 24.9 Å². The van der Waals surface area contributed by atoms with Crippen molar-refractivity contribution in [2.45, 2.75) is 20.0 Å². The second-order valence-corrected chi connectivity index (χ2v) is 4.01. The maximum absolute atomic E-state index is 5.79. The molecule has 0 amide bonds. The van der Waals surface area contributed by atoms with Gasteiger partial charge in [0.05, 0.1) is 5.69 Å². The van der Waals surface area contributed by atoms with Gasteiger partial charge >= 0.3 is 0 Å². The summed E-state index contributed by atoms with van der Waals surface area (Å²) in [7, 11) is 0. The zero-order chi connectivity index (χ0) is 12.8. The first-order valence-electron chi connectivity index (χ1n) is 6.06. The molecule has 0 fully saturated rings. The highest BCUT2D eigenvalue weighted by atomic mass is 16.5. The lowest BCUT2D eigenvalue weighted by Crippen LogP contribution is -2.04. The van der Waals surface area contributed by atoms with Crippen molar-refractivity contribution in [3.05, 3.63) is 42.2 Å². The van der Waals surface area contributed by atoms with Gasteiger partial charge in [0, 0.05) is 18.2 Å². The summed E-state index contributed by atoms with van der Waals surface area (Å²) in [5.74, 6) is 1.10. The Morgan fingerprint density at radius 3 is 2.67 bits per heavy atom. The molecule has 0 saturated heterocycles. The Hall–Kier alpha value is -1.94. The highest BCUT2D eigenvalue weighted by Gasteiger charge is 2.04. The van der Waals surface area contributed by atoms with E-state index >= 15 is 0 Å². The number of aromatic nitrogens is 2. The zero-order valence-electron chi connectivity index (χ0n) is 10.5. The van der Waals surface area contributed by atoms with Gasteiger partial charge in [0.2, 0.25) is 0 Å². The predicted octanol–water partition coefficient (Wildman–Crippen LogP) is 2.65. The molecule has 0 radical (unpaired) electrons. The summed E-state index contributed by atoms with van der Waals surface area (Å²) >= 11 is 0. The SMILES string of the molecule is CCCOCc1nc(N)cc(-c2ccccc2)n1. The van der Waals surface area contributed by atoms with E-state index in [2.05, 4.69) is 16.9 Å². The monoisotopic (exact) mass is 243 g/mol. The molecule has 1 aromatic carbocycles. The number of anilines is 1. The topological polar surface area (TPSA) is 61.0 Å². The van der Waals surface area contributed by atoms with Crippen LogP contribution in [0, 0.1) is 0 Å². The third-order valence-electron chi connectivity index (χ3n) is 2.44. The second-order valence-electron chi connectivity index (χ2n) is 4.01. The maximum Gasteiger partial charge on any atom is 0.157 e. The van der Waals surface area contributed by atoms with Gasteiger partial charge < -0.3 is 10.5 Å². The van der Waals surface area contributed by atoms with E-state index in [0.717, 1.165) is 17.7 Å². The molecule has 0 aliphatic carbocycles. The Balaban J connectivity index is 2.21. The number of nitrogens with zero attached hydrogens (tertiary/aromatic N) is 2. The molecule has 2 aromatic rings. The first kappa shape index (κ1) is 12.5. The molecule has 2 N–H and O–H groups in total. The highest BCUT2D eigenvalue weighted by molar-refractivity contribution is 5.61. The van der Waals surface area contributed by atoms with Gasteiger partial charge in [0.25, 0.3) is 0 Å². The molecule has 0 aliphatic rings. The molecule has 1 aromatic heterocycles. The van der Waals surface area contributed by atoms with Gasteiger partial charge in [-0.15, -0.1) is 0 Å². The molecule has 1 heterocycles. The van der Waals surface area contributed by atoms with Crippen molar-refractivity contribution in [2.75, 3.05) is 12.3 Å². The van der Waals surface area contributed by atoms with Crippen molar-refractivity contribution < 1.29 is 4.74 Å². The number of hydrogen-bond donors (Lipinski definition) is 1. The van der Waals surface area contributed by atoms with Crippen LogP contribution in [0.25, 0.3) is 11.3 Å². The first-order valence-corrected chi connectivity index (χ1v) is 6.06. The van der Waals surface area contributed by atoms with Gasteiger partial charge in [-0.1, -0.05) is 37.3 Å². The van der Waals surface area contributed by atoms with Crippen molar-refractivity contribution in [2.24, 2.45) is 0 Å². The fourth-order valence-corrected chi connectivity index (χ4v) is 1.65. The molecule has 4 nitrogen and oxygen atoms in total. The van der Waals surface area contributed by atoms with E-state index in [1.54, 1.807) is 6.07 Å². The molecule has 2 rings (SSSR count). The minimum absolute atomic E-state index is 0.402. The standard InChI is InChI=1S/C14H17N3O/c1-2-8-18-10-14-16-12(9-13(15)17-14)11-6-4-3-5-7-11/h3-7,9H,2,8,10H2,1H3,(H2,15,16,17). The fourth-order valence-electron chi connectivity index (χ4n) is 1.65. The van der Waals surface area contributed by atoms with Crippen LogP contribution in [-0.4, -0.2) is 16.6 Å². The summed E-state index contributed by atoms with van der Waals surface area (Å²) in [4.78, 5) is 8.63. The Bertz CT molecular complexity index is 500. The Labute approximate surface area is 107 Å². The van der Waals surface area contributed by atoms with Crippen LogP contribution in [0.3, 0.4) is 0 Å². The van der Waals surface area contributed by atoms with Crippen LogP contribution in [0.1, 0.15) is 19.2 Å². The van der Waals surface area contributed by atoms with E-state index in [1.807, 2.05) is 30.3 Å². The number of rotatable bonds is 5. The third kappa shape index (κ3) is 3.28. The van der Waals surface area contributed by atoms with Crippen LogP contribution in [0.5, 0.6) is 0 Å². The highest BCUT2D eigenvalue weighted by Crippen LogP contribution is 2.18. The van der Waals surface area contributed by atoms with Crippen LogP contribution in [0.2, 0.25) is 0 Å². The second kappa shape index (κ2) is 6.12. The molecule has 0 bridgehead atoms. The van der Waals surface area contributed by atoms with E-state index in [-0.39, 0.29) is 0 Å². The largest absolute Gasteiger partial charge is 0.384 e. The smallest absolute Gasteiger partial charge is 0.157 e. The molecule has 94 valence electrons. The van der Waals surface area contributed by atoms with E-state index < -0.39 is 0 Å². The third-order valence-corrected chi connectivity index (χ3v) is 2.44. The lowest BCUT2D eigenvalue weighted by atomic mass is 10.1. The van der Waals surface area contributed by atoms with E-state index in [4.69, 9.17) is 10.5 Å². The molecule has 0 unspecified atom stereocenters. The minimum Gasteiger partial charge on any atom is -0.384 e. The average molecular weight is 243 g/mol. The van der Waals surface area contributed by atoms with Crippen molar-refractivity contribution >= 4 is 5.82 Å². The lowest BCUT2D eigenvalue weighted by Gasteiger charge is -2.06. The zero-order valence-corrected chi connectivity index (χ0v) is 10.5. The van der Waals surface area contributed by atoms with E-state index in [1.165, 1.54) is 0 Å². The first-order chi connectivity index (χ1) is 8.79. The summed E-state index contributed by atoms with van der Waals surface area (Å²) in [6.45, 7) is 3.17. The molecule has 18 heavy (non-hydrogen) atoms. The summed E-state index contributed by atoms with van der Waals surface area (Å²) in [6.07, 6.45) is 0.980. The van der Waals surface area contributed by atoms with Crippen LogP contribution in [-0.2, 0) is 11.3 Å². The number of ether oxygens (including phenoxy) is 1. The van der Waals surface area contributed by atoms with Crippen LogP contribution >= 0.6 is 0 Å². The van der Waals surface area contributed by atoms with Crippen LogP contribution in [0.15, 0.2) is 36.4 Å². The summed E-state index contributed by atoms with van der Waals surface area (Å²) in [6, 6.07) is 11.7. The average Bonchev–Trinajstić information content (AvgIpc) is 2.39. The predicted molar refractivity (Wildman–Crippen MR) is 71.8 cm³/mol. The number of hydrogen-bond acceptors (Lipinski definition) is 4. The molecule has 4 heteroatoms. The van der Waals surface area contributed by atoms with Gasteiger partial charge in [-0.2, -0.15) is 0 Å². The van der Waals surface area contributed by atoms with Crippen LogP contribution in [0.4, 0.5) is 5.82 Å². The van der Waals surface area contributed by atoms with Crippen molar-refractivity contribution in [3.63, 3.8) is 0 Å². The Morgan fingerprint density at radius 2 is 1.94 bits per heavy atom. The molecule has 0 aliphatic heterocycles. The molecule has 0 saturated carbocycles. The molecular weight excluding hydrogens is 226 g/mol. The van der Waals surface area contributed by atoms with Crippen LogP contribution < -0.4 is 5.73 Å². The minimum atomic E-state index is 0.402. The summed E-state index contributed by atoms with van der Waals surface area (Å²) < 4.78 is 5.43. The van der Waals surface area contributed by atoms with Crippen molar-refractivity contribution in [1.82, 2.24) is 9.97 Å². The molecular formula is C14H17N3O. The summed E-state index contributed by atoms with van der Waals surface area (Å²) in [5.41, 5.74) is 7.66. The van der Waals surface area contributed by atoms with Gasteiger partial charge in [-0.25, -0.2) is 9.97 Å². The summed E-state index contributed by atoms with van der Waals surface area (Å²) in [5, 5.41) is 0. The lowest BCUT2D eigenvalue weighted by molar-refractivity contribution is 0.116. The van der Waals surface area contributed by atoms with E-state index in [9.17, 15) is 0 Å². The van der Waals surface area contributed by atoms with Gasteiger partial charge in [0.15, 0.2) is 5.82 Å². The van der Waals surface area contributed by atoms with Crippen molar-refractivity contribution in [3.8, 4) is 11.3 Å². The quantitative estimate of drug-likeness (QED) is 0.820. The normalized spacial score (nSPS) is 10.5. The Morgan fingerprint density at radius 1 is 1.17 bits per heavy atom. The molecule has 0 atom stereocenters. The van der Waals surface area contributed by atoms with Gasteiger partial charge in [-0.3, -0.25) is 0 Å². The van der Waals surface area contributed by atoms with Gasteiger partial charge in [-0.05, 0) is 6.42 Å². The Kier molecular flexibility index (Phi) is 4.25. The molecule has 0 spiro atoms. The van der Waals surface area contributed by atoms with Crippen molar-refractivity contribution in [1.29, 1.82) is 0 Å². The maximum atomic E-state index is 5.79. The fraction of sp³-hybridized carbons (Fsp3) is 0.286. The van der Waals surface area contributed by atoms with Gasteiger partial charge in [0.1, 0.15) is 12.4 Å². The number of nitrogen functional groups attached to an aromatic ring is 1. The number of benzene rings is 1. The number of nitrogens with two attached hydrogens (primary N) is 1.